The van der Waals surface area contributed by atoms with Crippen LogP contribution in [0.2, 0.25) is 0 Å². The van der Waals surface area contributed by atoms with Crippen LogP contribution in [0.3, 0.4) is 0 Å². The molecule has 124 valence electrons. The van der Waals surface area contributed by atoms with Crippen LogP contribution < -0.4 is 0 Å². The number of pyridine rings is 1. The van der Waals surface area contributed by atoms with Crippen LogP contribution in [-0.2, 0) is 4.74 Å². The lowest BCUT2D eigenvalue weighted by molar-refractivity contribution is 0.0204. The van der Waals surface area contributed by atoms with E-state index >= 15 is 0 Å². The summed E-state index contributed by atoms with van der Waals surface area (Å²) in [6.45, 7) is 7.14. The SMILES string of the molecule is CC(C)(C)OC(=O)N1CCC(c2cc3cc(Br)cnc3[nH]2)CC1. The van der Waals surface area contributed by atoms with Crippen LogP contribution in [0, 0.1) is 0 Å². The second-order valence-corrected chi connectivity index (χ2v) is 7.97. The van der Waals surface area contributed by atoms with Crippen molar-refractivity contribution in [3.8, 4) is 0 Å². The van der Waals surface area contributed by atoms with E-state index < -0.39 is 5.60 Å². The van der Waals surface area contributed by atoms with Gasteiger partial charge < -0.3 is 14.6 Å². The van der Waals surface area contributed by atoms with Crippen molar-refractivity contribution < 1.29 is 9.53 Å². The molecule has 0 aromatic carbocycles. The normalized spacial score (nSPS) is 16.8. The summed E-state index contributed by atoms with van der Waals surface area (Å²) in [5.41, 5.74) is 1.68. The zero-order valence-corrected chi connectivity index (χ0v) is 15.3. The fraction of sp³-hybridized carbons (Fsp3) is 0.529. The number of halogens is 1. The molecule has 0 unspecified atom stereocenters. The van der Waals surface area contributed by atoms with Gasteiger partial charge in [-0.1, -0.05) is 0 Å². The molecule has 5 nitrogen and oxygen atoms in total. The van der Waals surface area contributed by atoms with Crippen molar-refractivity contribution in [3.63, 3.8) is 0 Å². The zero-order valence-electron chi connectivity index (χ0n) is 13.7. The third kappa shape index (κ3) is 3.86. The Kier molecular flexibility index (Phi) is 4.36. The van der Waals surface area contributed by atoms with Gasteiger partial charge in [-0.2, -0.15) is 0 Å². The number of H-pyrrole nitrogens is 1. The highest BCUT2D eigenvalue weighted by Crippen LogP contribution is 2.30. The molecule has 3 rings (SSSR count). The number of amides is 1. The van der Waals surface area contributed by atoms with Crippen molar-refractivity contribution in [1.82, 2.24) is 14.9 Å². The third-order valence-electron chi connectivity index (χ3n) is 4.04. The summed E-state index contributed by atoms with van der Waals surface area (Å²) in [5, 5.41) is 1.11. The quantitative estimate of drug-likeness (QED) is 0.796. The van der Waals surface area contributed by atoms with Crippen LogP contribution in [-0.4, -0.2) is 39.7 Å². The second-order valence-electron chi connectivity index (χ2n) is 7.06. The standard InChI is InChI=1S/C17H22BrN3O2/c1-17(2,3)23-16(22)21-6-4-11(5-7-21)14-9-12-8-13(18)10-19-15(12)20-14/h8-11H,4-7H2,1-3H3,(H,19,20). The lowest BCUT2D eigenvalue weighted by atomic mass is 9.94. The highest BCUT2D eigenvalue weighted by molar-refractivity contribution is 9.10. The number of nitrogens with one attached hydrogen (secondary N) is 1. The van der Waals surface area contributed by atoms with Crippen LogP contribution in [0.25, 0.3) is 11.0 Å². The molecule has 1 aliphatic rings. The first-order valence-electron chi connectivity index (χ1n) is 7.94. The maximum atomic E-state index is 12.1. The highest BCUT2D eigenvalue weighted by Gasteiger charge is 2.28. The number of piperidine rings is 1. The molecule has 0 bridgehead atoms. The number of fused-ring (bicyclic) bond motifs is 1. The molecule has 2 aromatic rings. The van der Waals surface area contributed by atoms with E-state index in [1.54, 1.807) is 11.1 Å². The van der Waals surface area contributed by atoms with Crippen LogP contribution in [0.1, 0.15) is 45.2 Å². The molecule has 1 N–H and O–H groups in total. The van der Waals surface area contributed by atoms with Gasteiger partial charge in [-0.15, -0.1) is 0 Å². The molecule has 0 atom stereocenters. The molecule has 23 heavy (non-hydrogen) atoms. The van der Waals surface area contributed by atoms with Crippen molar-refractivity contribution >= 4 is 33.1 Å². The lowest BCUT2D eigenvalue weighted by Gasteiger charge is -2.33. The van der Waals surface area contributed by atoms with Crippen LogP contribution in [0.4, 0.5) is 4.79 Å². The predicted octanol–water partition coefficient (Wildman–Crippen LogP) is 4.44. The van der Waals surface area contributed by atoms with Crippen LogP contribution in [0.5, 0.6) is 0 Å². The lowest BCUT2D eigenvalue weighted by Crippen LogP contribution is -2.41. The average molecular weight is 380 g/mol. The molecular weight excluding hydrogens is 358 g/mol. The minimum absolute atomic E-state index is 0.210. The molecule has 1 saturated heterocycles. The predicted molar refractivity (Wildman–Crippen MR) is 93.6 cm³/mol. The molecule has 2 aromatic heterocycles. The fourth-order valence-electron chi connectivity index (χ4n) is 2.93. The van der Waals surface area contributed by atoms with Gasteiger partial charge in [-0.05, 0) is 61.7 Å². The van der Waals surface area contributed by atoms with Crippen LogP contribution >= 0.6 is 15.9 Å². The van der Waals surface area contributed by atoms with E-state index in [9.17, 15) is 4.79 Å². The number of aromatic nitrogens is 2. The maximum absolute atomic E-state index is 12.1. The van der Waals surface area contributed by atoms with Crippen LogP contribution in [0.15, 0.2) is 22.8 Å². The van der Waals surface area contributed by atoms with E-state index in [2.05, 4.69) is 38.0 Å². The molecule has 0 saturated carbocycles. The fourth-order valence-corrected chi connectivity index (χ4v) is 3.28. The smallest absolute Gasteiger partial charge is 0.410 e. The molecule has 0 aliphatic carbocycles. The molecular formula is C17H22BrN3O2. The average Bonchev–Trinajstić information content (AvgIpc) is 2.88. The zero-order chi connectivity index (χ0) is 16.6. The van der Waals surface area contributed by atoms with Crippen molar-refractivity contribution in [2.45, 2.75) is 45.1 Å². The molecule has 1 amide bonds. The number of likely N-dealkylation sites (tertiary alicyclic amines) is 1. The summed E-state index contributed by atoms with van der Waals surface area (Å²) < 4.78 is 6.43. The Labute approximate surface area is 144 Å². The number of aromatic amines is 1. The molecule has 1 fully saturated rings. The second kappa shape index (κ2) is 6.15. The monoisotopic (exact) mass is 379 g/mol. The Morgan fingerprint density at radius 3 is 2.70 bits per heavy atom. The number of hydrogen-bond acceptors (Lipinski definition) is 3. The summed E-state index contributed by atoms with van der Waals surface area (Å²) in [4.78, 5) is 21.7. The van der Waals surface area contributed by atoms with Gasteiger partial charge in [0.1, 0.15) is 11.2 Å². The maximum Gasteiger partial charge on any atom is 0.410 e. The molecule has 1 aliphatic heterocycles. The number of rotatable bonds is 1. The van der Waals surface area contributed by atoms with Gasteiger partial charge in [-0.3, -0.25) is 0 Å². The molecule has 6 heteroatoms. The Morgan fingerprint density at radius 1 is 1.35 bits per heavy atom. The van der Waals surface area contributed by atoms with Gasteiger partial charge >= 0.3 is 6.09 Å². The van der Waals surface area contributed by atoms with E-state index in [4.69, 9.17) is 4.74 Å². The van der Waals surface area contributed by atoms with E-state index in [1.807, 2.05) is 20.8 Å². The summed E-state index contributed by atoms with van der Waals surface area (Å²) in [7, 11) is 0. The van der Waals surface area contributed by atoms with Crippen molar-refractivity contribution in [3.05, 3.63) is 28.5 Å². The summed E-state index contributed by atoms with van der Waals surface area (Å²) in [6, 6.07) is 4.24. The summed E-state index contributed by atoms with van der Waals surface area (Å²) in [6.07, 6.45) is 3.46. The van der Waals surface area contributed by atoms with Gasteiger partial charge in [0.15, 0.2) is 0 Å². The number of hydrogen-bond donors (Lipinski definition) is 1. The summed E-state index contributed by atoms with van der Waals surface area (Å²) >= 11 is 3.45. The first-order valence-corrected chi connectivity index (χ1v) is 8.73. The van der Waals surface area contributed by atoms with Gasteiger partial charge in [0.05, 0.1) is 0 Å². The van der Waals surface area contributed by atoms with Gasteiger partial charge in [0.2, 0.25) is 0 Å². The van der Waals surface area contributed by atoms with E-state index in [1.165, 1.54) is 5.69 Å². The van der Waals surface area contributed by atoms with Crippen molar-refractivity contribution in [2.24, 2.45) is 0 Å². The molecule has 0 radical (unpaired) electrons. The first kappa shape index (κ1) is 16.3. The Morgan fingerprint density at radius 2 is 2.04 bits per heavy atom. The topological polar surface area (TPSA) is 58.2 Å². The van der Waals surface area contributed by atoms with Gasteiger partial charge in [0.25, 0.3) is 0 Å². The van der Waals surface area contributed by atoms with Gasteiger partial charge in [-0.25, -0.2) is 9.78 Å². The third-order valence-corrected chi connectivity index (χ3v) is 4.48. The number of ether oxygens (including phenoxy) is 1. The highest BCUT2D eigenvalue weighted by atomic mass is 79.9. The van der Waals surface area contributed by atoms with Crippen molar-refractivity contribution in [2.75, 3.05) is 13.1 Å². The van der Waals surface area contributed by atoms with Gasteiger partial charge in [0, 0.05) is 40.8 Å². The first-order chi connectivity index (χ1) is 10.8. The van der Waals surface area contributed by atoms with E-state index in [0.29, 0.717) is 5.92 Å². The van der Waals surface area contributed by atoms with E-state index in [-0.39, 0.29) is 6.09 Å². The Hall–Kier alpha value is -1.56. The summed E-state index contributed by atoms with van der Waals surface area (Å²) in [5.74, 6) is 0.432. The Bertz CT molecular complexity index is 712. The minimum atomic E-state index is -0.440. The Balaban J connectivity index is 1.65. The molecule has 3 heterocycles. The molecule has 0 spiro atoms. The van der Waals surface area contributed by atoms with Crippen molar-refractivity contribution in [1.29, 1.82) is 0 Å². The number of nitrogens with zero attached hydrogens (tertiary/aromatic N) is 2. The number of carbonyl (C=O) groups is 1. The number of carbonyl (C=O) groups excluding carboxylic acids is 1. The van der Waals surface area contributed by atoms with E-state index in [0.717, 1.165) is 41.4 Å². The largest absolute Gasteiger partial charge is 0.444 e. The minimum Gasteiger partial charge on any atom is -0.444 e.